The van der Waals surface area contributed by atoms with E-state index in [1.165, 1.54) is 0 Å². The van der Waals surface area contributed by atoms with Crippen molar-refractivity contribution < 1.29 is 19.4 Å². The van der Waals surface area contributed by atoms with Crippen LogP contribution in [0.15, 0.2) is 0 Å². The summed E-state index contributed by atoms with van der Waals surface area (Å²) in [7, 11) is 0. The first-order valence-corrected chi connectivity index (χ1v) is 6.87. The van der Waals surface area contributed by atoms with Gasteiger partial charge >= 0.3 is 11.8 Å². The Balaban J connectivity index is 2.19. The van der Waals surface area contributed by atoms with Crippen molar-refractivity contribution in [3.63, 3.8) is 0 Å². The van der Waals surface area contributed by atoms with Crippen LogP contribution in [0.5, 0.6) is 0 Å². The van der Waals surface area contributed by atoms with Gasteiger partial charge in [0, 0.05) is 45.8 Å². The van der Waals surface area contributed by atoms with Crippen LogP contribution in [0.1, 0.15) is 0 Å². The SMILES string of the molecule is NCCN1CCN(C(=O)C(=O)NCCOCCO)CC1. The summed E-state index contributed by atoms with van der Waals surface area (Å²) in [4.78, 5) is 27.2. The highest BCUT2D eigenvalue weighted by Gasteiger charge is 2.25. The van der Waals surface area contributed by atoms with Gasteiger partial charge in [0.15, 0.2) is 0 Å². The summed E-state index contributed by atoms with van der Waals surface area (Å²) in [6.07, 6.45) is 0. The molecule has 4 N–H and O–H groups in total. The molecule has 0 aliphatic carbocycles. The van der Waals surface area contributed by atoms with Gasteiger partial charge in [-0.05, 0) is 0 Å². The average molecular weight is 288 g/mol. The molecule has 0 radical (unpaired) electrons. The molecule has 0 aromatic carbocycles. The Morgan fingerprint density at radius 2 is 1.90 bits per heavy atom. The molecule has 0 spiro atoms. The Labute approximate surface area is 118 Å². The van der Waals surface area contributed by atoms with Crippen molar-refractivity contribution >= 4 is 11.8 Å². The normalized spacial score (nSPS) is 16.2. The van der Waals surface area contributed by atoms with Crippen molar-refractivity contribution in [2.75, 3.05) is 65.6 Å². The minimum atomic E-state index is -0.607. The number of nitrogens with two attached hydrogens (primary N) is 1. The second-order valence-corrected chi connectivity index (χ2v) is 4.51. The number of carbonyl (C=O) groups is 2. The molecule has 1 aliphatic rings. The van der Waals surface area contributed by atoms with Crippen LogP contribution in [-0.2, 0) is 14.3 Å². The number of piperazine rings is 1. The number of hydrogen-bond donors (Lipinski definition) is 3. The zero-order valence-electron chi connectivity index (χ0n) is 11.7. The summed E-state index contributed by atoms with van der Waals surface area (Å²) >= 11 is 0. The molecule has 1 saturated heterocycles. The number of nitrogens with zero attached hydrogens (tertiary/aromatic N) is 2. The van der Waals surface area contributed by atoms with Gasteiger partial charge in [-0.1, -0.05) is 0 Å². The van der Waals surface area contributed by atoms with Crippen LogP contribution in [0.2, 0.25) is 0 Å². The summed E-state index contributed by atoms with van der Waals surface area (Å²) in [5.74, 6) is -1.11. The Morgan fingerprint density at radius 1 is 1.20 bits per heavy atom. The second kappa shape index (κ2) is 9.65. The van der Waals surface area contributed by atoms with Gasteiger partial charge in [0.05, 0.1) is 19.8 Å². The summed E-state index contributed by atoms with van der Waals surface area (Å²) < 4.78 is 4.99. The minimum absolute atomic E-state index is 0.0556. The predicted molar refractivity (Wildman–Crippen MR) is 73.0 cm³/mol. The fourth-order valence-corrected chi connectivity index (χ4v) is 1.98. The predicted octanol–water partition coefficient (Wildman–Crippen LogP) is -2.79. The maximum absolute atomic E-state index is 11.9. The van der Waals surface area contributed by atoms with E-state index in [0.717, 1.165) is 19.6 Å². The standard InChI is InChI=1S/C12H24N4O4/c13-1-3-15-4-6-16(7-5-15)12(19)11(18)14-2-9-20-10-8-17/h17H,1-10,13H2,(H,14,18). The molecule has 116 valence electrons. The summed E-state index contributed by atoms with van der Waals surface area (Å²) in [6, 6.07) is 0. The third-order valence-corrected chi connectivity index (χ3v) is 3.07. The zero-order valence-corrected chi connectivity index (χ0v) is 11.7. The molecule has 1 heterocycles. The lowest BCUT2D eigenvalue weighted by atomic mass is 10.3. The molecule has 1 fully saturated rings. The lowest BCUT2D eigenvalue weighted by Gasteiger charge is -2.34. The van der Waals surface area contributed by atoms with Crippen molar-refractivity contribution in [2.45, 2.75) is 0 Å². The van der Waals surface area contributed by atoms with E-state index in [9.17, 15) is 9.59 Å². The van der Waals surface area contributed by atoms with Gasteiger partial charge in [-0.25, -0.2) is 0 Å². The molecule has 0 aromatic rings. The van der Waals surface area contributed by atoms with Crippen LogP contribution in [-0.4, -0.2) is 92.4 Å². The second-order valence-electron chi connectivity index (χ2n) is 4.51. The summed E-state index contributed by atoms with van der Waals surface area (Å²) in [5.41, 5.74) is 5.48. The average Bonchev–Trinajstić information content (AvgIpc) is 2.47. The quantitative estimate of drug-likeness (QED) is 0.345. The third-order valence-electron chi connectivity index (χ3n) is 3.07. The zero-order chi connectivity index (χ0) is 14.8. The number of rotatable bonds is 7. The first-order valence-electron chi connectivity index (χ1n) is 6.87. The van der Waals surface area contributed by atoms with Crippen molar-refractivity contribution in [1.82, 2.24) is 15.1 Å². The molecular formula is C12H24N4O4. The van der Waals surface area contributed by atoms with Gasteiger partial charge in [0.25, 0.3) is 0 Å². The van der Waals surface area contributed by atoms with Gasteiger partial charge in [-0.15, -0.1) is 0 Å². The monoisotopic (exact) mass is 288 g/mol. The van der Waals surface area contributed by atoms with E-state index in [1.54, 1.807) is 4.90 Å². The highest BCUT2D eigenvalue weighted by atomic mass is 16.5. The number of amides is 2. The molecular weight excluding hydrogens is 264 g/mol. The van der Waals surface area contributed by atoms with E-state index in [2.05, 4.69) is 10.2 Å². The Bertz CT molecular complexity index is 306. The fourth-order valence-electron chi connectivity index (χ4n) is 1.98. The van der Waals surface area contributed by atoms with Crippen LogP contribution < -0.4 is 11.1 Å². The number of aliphatic hydroxyl groups excluding tert-OH is 1. The highest BCUT2D eigenvalue weighted by molar-refractivity contribution is 6.35. The van der Waals surface area contributed by atoms with E-state index in [1.807, 2.05) is 0 Å². The summed E-state index contributed by atoms with van der Waals surface area (Å²) in [6.45, 7) is 4.72. The lowest BCUT2D eigenvalue weighted by molar-refractivity contribution is -0.147. The molecule has 0 saturated carbocycles. The van der Waals surface area contributed by atoms with Crippen molar-refractivity contribution in [1.29, 1.82) is 0 Å². The van der Waals surface area contributed by atoms with Gasteiger partial charge in [0.1, 0.15) is 0 Å². The molecule has 2 amide bonds. The largest absolute Gasteiger partial charge is 0.394 e. The molecule has 0 bridgehead atoms. The van der Waals surface area contributed by atoms with Crippen molar-refractivity contribution in [2.24, 2.45) is 5.73 Å². The molecule has 8 heteroatoms. The molecule has 0 atom stereocenters. The number of nitrogens with one attached hydrogen (secondary N) is 1. The van der Waals surface area contributed by atoms with Gasteiger partial charge in [-0.2, -0.15) is 0 Å². The van der Waals surface area contributed by atoms with E-state index in [4.69, 9.17) is 15.6 Å². The number of carbonyl (C=O) groups excluding carboxylic acids is 2. The van der Waals surface area contributed by atoms with Gasteiger partial charge in [-0.3, -0.25) is 14.5 Å². The van der Waals surface area contributed by atoms with Crippen LogP contribution in [0.25, 0.3) is 0 Å². The fraction of sp³-hybridized carbons (Fsp3) is 0.833. The van der Waals surface area contributed by atoms with E-state index < -0.39 is 11.8 Å². The lowest BCUT2D eigenvalue weighted by Crippen LogP contribution is -2.53. The minimum Gasteiger partial charge on any atom is -0.394 e. The van der Waals surface area contributed by atoms with Crippen LogP contribution >= 0.6 is 0 Å². The Morgan fingerprint density at radius 3 is 2.50 bits per heavy atom. The Hall–Kier alpha value is -1.22. The maximum Gasteiger partial charge on any atom is 0.311 e. The molecule has 20 heavy (non-hydrogen) atoms. The molecule has 0 unspecified atom stereocenters. The van der Waals surface area contributed by atoms with Crippen molar-refractivity contribution in [3.05, 3.63) is 0 Å². The molecule has 0 aromatic heterocycles. The molecule has 1 aliphatic heterocycles. The van der Waals surface area contributed by atoms with E-state index in [0.29, 0.717) is 19.6 Å². The maximum atomic E-state index is 11.9. The topological polar surface area (TPSA) is 108 Å². The number of hydrogen-bond acceptors (Lipinski definition) is 6. The third kappa shape index (κ3) is 5.83. The molecule has 1 rings (SSSR count). The van der Waals surface area contributed by atoms with Crippen LogP contribution in [0.3, 0.4) is 0 Å². The number of aliphatic hydroxyl groups is 1. The van der Waals surface area contributed by atoms with Crippen molar-refractivity contribution in [3.8, 4) is 0 Å². The van der Waals surface area contributed by atoms with E-state index in [-0.39, 0.29) is 26.4 Å². The van der Waals surface area contributed by atoms with Gasteiger partial charge in [0.2, 0.25) is 0 Å². The first-order chi connectivity index (χ1) is 9.69. The highest BCUT2D eigenvalue weighted by Crippen LogP contribution is 2.01. The summed E-state index contributed by atoms with van der Waals surface area (Å²) in [5, 5.41) is 11.0. The first kappa shape index (κ1) is 16.8. The smallest absolute Gasteiger partial charge is 0.311 e. The van der Waals surface area contributed by atoms with Gasteiger partial charge < -0.3 is 25.8 Å². The van der Waals surface area contributed by atoms with E-state index >= 15 is 0 Å². The Kier molecular flexibility index (Phi) is 8.12. The van der Waals surface area contributed by atoms with Crippen LogP contribution in [0.4, 0.5) is 0 Å². The van der Waals surface area contributed by atoms with Crippen LogP contribution in [0, 0.1) is 0 Å². The number of ether oxygens (including phenoxy) is 1. The molecule has 8 nitrogen and oxygen atoms in total.